The van der Waals surface area contributed by atoms with Gasteiger partial charge in [-0.25, -0.2) is 0 Å². The van der Waals surface area contributed by atoms with E-state index in [1.165, 1.54) is 28.6 Å². The van der Waals surface area contributed by atoms with Crippen molar-refractivity contribution in [1.29, 1.82) is 0 Å². The molecular formula is C14H21BrN2O. The number of benzene rings is 1. The summed E-state index contributed by atoms with van der Waals surface area (Å²) in [6.45, 7) is 2.52. The van der Waals surface area contributed by atoms with Crippen LogP contribution in [0.4, 0.5) is 5.69 Å². The fraction of sp³-hybridized carbons (Fsp3) is 0.571. The Morgan fingerprint density at radius 2 is 2.22 bits per heavy atom. The first kappa shape index (κ1) is 13.8. The molecule has 1 aromatic carbocycles. The zero-order valence-corrected chi connectivity index (χ0v) is 12.7. The number of rotatable bonds is 7. The third-order valence-electron chi connectivity index (χ3n) is 3.30. The molecule has 1 aromatic rings. The number of anilines is 1. The average Bonchev–Trinajstić information content (AvgIpc) is 3.18. The molecule has 0 amide bonds. The van der Waals surface area contributed by atoms with Gasteiger partial charge in [0.2, 0.25) is 0 Å². The fourth-order valence-electron chi connectivity index (χ4n) is 2.01. The van der Waals surface area contributed by atoms with Gasteiger partial charge in [0.15, 0.2) is 0 Å². The molecule has 1 saturated carbocycles. The maximum atomic E-state index is 5.01. The van der Waals surface area contributed by atoms with Gasteiger partial charge in [0, 0.05) is 37.8 Å². The van der Waals surface area contributed by atoms with Gasteiger partial charge in [-0.2, -0.15) is 0 Å². The number of hydrogen-bond acceptors (Lipinski definition) is 3. The summed E-state index contributed by atoms with van der Waals surface area (Å²) >= 11 is 3.67. The van der Waals surface area contributed by atoms with Gasteiger partial charge < -0.3 is 15.0 Å². The molecule has 18 heavy (non-hydrogen) atoms. The van der Waals surface area contributed by atoms with E-state index >= 15 is 0 Å². The minimum Gasteiger partial charge on any atom is -0.383 e. The lowest BCUT2D eigenvalue weighted by Gasteiger charge is -2.20. The van der Waals surface area contributed by atoms with Gasteiger partial charge in [-0.3, -0.25) is 0 Å². The second kappa shape index (κ2) is 6.55. The largest absolute Gasteiger partial charge is 0.383 e. The summed E-state index contributed by atoms with van der Waals surface area (Å²) < 4.78 is 6.19. The van der Waals surface area contributed by atoms with Crippen LogP contribution >= 0.6 is 15.9 Å². The Morgan fingerprint density at radius 1 is 1.44 bits per heavy atom. The van der Waals surface area contributed by atoms with E-state index in [-0.39, 0.29) is 0 Å². The molecule has 1 fully saturated rings. The van der Waals surface area contributed by atoms with Crippen LogP contribution in [0.25, 0.3) is 0 Å². The Labute approximate surface area is 118 Å². The van der Waals surface area contributed by atoms with Crippen molar-refractivity contribution in [3.8, 4) is 0 Å². The first-order valence-electron chi connectivity index (χ1n) is 6.43. The molecule has 0 aromatic heterocycles. The first-order chi connectivity index (χ1) is 8.72. The van der Waals surface area contributed by atoms with Gasteiger partial charge in [0.1, 0.15) is 0 Å². The molecule has 0 radical (unpaired) electrons. The standard InChI is InChI=1S/C14H21BrN2O/c1-17(12-4-5-12)14-6-3-11(9-13(14)15)10-16-7-8-18-2/h3,6,9,12,16H,4-5,7-8,10H2,1-2H3. The summed E-state index contributed by atoms with van der Waals surface area (Å²) in [5.41, 5.74) is 2.59. The second-order valence-corrected chi connectivity index (χ2v) is 5.65. The van der Waals surface area contributed by atoms with E-state index in [9.17, 15) is 0 Å². The third kappa shape index (κ3) is 3.70. The van der Waals surface area contributed by atoms with E-state index in [0.29, 0.717) is 0 Å². The Hall–Kier alpha value is -0.580. The predicted molar refractivity (Wildman–Crippen MR) is 79.1 cm³/mol. The maximum Gasteiger partial charge on any atom is 0.0587 e. The van der Waals surface area contributed by atoms with Crippen LogP contribution in [0, 0.1) is 0 Å². The fourth-order valence-corrected chi connectivity index (χ4v) is 2.72. The molecule has 3 nitrogen and oxygen atoms in total. The highest BCUT2D eigenvalue weighted by Crippen LogP contribution is 2.34. The molecule has 100 valence electrons. The highest BCUT2D eigenvalue weighted by molar-refractivity contribution is 9.10. The van der Waals surface area contributed by atoms with Crippen LogP contribution in [-0.4, -0.2) is 33.4 Å². The molecule has 0 atom stereocenters. The van der Waals surface area contributed by atoms with Gasteiger partial charge in [-0.15, -0.1) is 0 Å². The van der Waals surface area contributed by atoms with E-state index in [1.54, 1.807) is 7.11 Å². The molecule has 0 spiro atoms. The molecule has 0 saturated heterocycles. The van der Waals surface area contributed by atoms with Gasteiger partial charge in [-0.1, -0.05) is 6.07 Å². The minimum atomic E-state index is 0.743. The molecule has 4 heteroatoms. The molecule has 0 heterocycles. The quantitative estimate of drug-likeness (QED) is 0.784. The number of halogens is 1. The molecular weight excluding hydrogens is 292 g/mol. The second-order valence-electron chi connectivity index (χ2n) is 4.80. The summed E-state index contributed by atoms with van der Waals surface area (Å²) in [6, 6.07) is 7.34. The summed E-state index contributed by atoms with van der Waals surface area (Å²) in [6.07, 6.45) is 2.65. The average molecular weight is 313 g/mol. The van der Waals surface area contributed by atoms with Crippen LogP contribution in [-0.2, 0) is 11.3 Å². The van der Waals surface area contributed by atoms with Crippen LogP contribution in [0.2, 0.25) is 0 Å². The molecule has 2 rings (SSSR count). The summed E-state index contributed by atoms with van der Waals surface area (Å²) in [5.74, 6) is 0. The lowest BCUT2D eigenvalue weighted by molar-refractivity contribution is 0.199. The van der Waals surface area contributed by atoms with E-state index in [2.05, 4.69) is 51.4 Å². The number of nitrogens with one attached hydrogen (secondary N) is 1. The van der Waals surface area contributed by atoms with Crippen LogP contribution in [0.15, 0.2) is 22.7 Å². The van der Waals surface area contributed by atoms with E-state index in [1.807, 2.05) is 0 Å². The van der Waals surface area contributed by atoms with Crippen molar-refractivity contribution in [2.45, 2.75) is 25.4 Å². The number of hydrogen-bond donors (Lipinski definition) is 1. The van der Waals surface area contributed by atoms with Crippen molar-refractivity contribution in [2.75, 3.05) is 32.2 Å². The zero-order chi connectivity index (χ0) is 13.0. The zero-order valence-electron chi connectivity index (χ0n) is 11.1. The smallest absolute Gasteiger partial charge is 0.0587 e. The summed E-state index contributed by atoms with van der Waals surface area (Å²) in [5, 5.41) is 3.35. The monoisotopic (exact) mass is 312 g/mol. The predicted octanol–water partition coefficient (Wildman–Crippen LogP) is 2.78. The van der Waals surface area contributed by atoms with Gasteiger partial charge in [-0.05, 0) is 46.5 Å². The molecule has 0 unspecified atom stereocenters. The Balaban J connectivity index is 1.92. The molecule has 1 aliphatic carbocycles. The Bertz CT molecular complexity index is 393. The van der Waals surface area contributed by atoms with Crippen LogP contribution in [0.5, 0.6) is 0 Å². The first-order valence-corrected chi connectivity index (χ1v) is 7.22. The van der Waals surface area contributed by atoms with E-state index < -0.39 is 0 Å². The van der Waals surface area contributed by atoms with Crippen molar-refractivity contribution in [2.24, 2.45) is 0 Å². The highest BCUT2D eigenvalue weighted by Gasteiger charge is 2.27. The van der Waals surface area contributed by atoms with Gasteiger partial charge >= 0.3 is 0 Å². The summed E-state index contributed by atoms with van der Waals surface area (Å²) in [4.78, 5) is 2.37. The lowest BCUT2D eigenvalue weighted by Crippen LogP contribution is -2.20. The van der Waals surface area contributed by atoms with Crippen LogP contribution < -0.4 is 10.2 Å². The summed E-state index contributed by atoms with van der Waals surface area (Å²) in [7, 11) is 3.90. The van der Waals surface area contributed by atoms with Crippen molar-refractivity contribution in [3.63, 3.8) is 0 Å². The maximum absolute atomic E-state index is 5.01. The van der Waals surface area contributed by atoms with Crippen molar-refractivity contribution in [1.82, 2.24) is 5.32 Å². The van der Waals surface area contributed by atoms with Crippen LogP contribution in [0.1, 0.15) is 18.4 Å². The molecule has 1 N–H and O–H groups in total. The van der Waals surface area contributed by atoms with E-state index in [4.69, 9.17) is 4.74 Å². The topological polar surface area (TPSA) is 24.5 Å². The van der Waals surface area contributed by atoms with Gasteiger partial charge in [0.25, 0.3) is 0 Å². The third-order valence-corrected chi connectivity index (χ3v) is 3.93. The minimum absolute atomic E-state index is 0.743. The number of methoxy groups -OCH3 is 1. The van der Waals surface area contributed by atoms with Crippen molar-refractivity contribution < 1.29 is 4.74 Å². The SMILES string of the molecule is COCCNCc1ccc(N(C)C2CC2)c(Br)c1. The van der Waals surface area contributed by atoms with E-state index in [0.717, 1.165) is 25.7 Å². The van der Waals surface area contributed by atoms with Gasteiger partial charge in [0.05, 0.1) is 12.3 Å². The van der Waals surface area contributed by atoms with Crippen molar-refractivity contribution in [3.05, 3.63) is 28.2 Å². The number of nitrogens with zero attached hydrogens (tertiary/aromatic N) is 1. The number of ether oxygens (including phenoxy) is 1. The molecule has 1 aliphatic rings. The molecule has 0 bridgehead atoms. The Kier molecular flexibility index (Phi) is 5.03. The Morgan fingerprint density at radius 3 is 2.83 bits per heavy atom. The lowest BCUT2D eigenvalue weighted by atomic mass is 10.2. The van der Waals surface area contributed by atoms with Crippen molar-refractivity contribution >= 4 is 21.6 Å². The normalized spacial score (nSPS) is 14.8. The molecule has 0 aliphatic heterocycles. The van der Waals surface area contributed by atoms with Crippen LogP contribution in [0.3, 0.4) is 0 Å². The highest BCUT2D eigenvalue weighted by atomic mass is 79.9.